The molecule has 0 N–H and O–H groups in total. The fourth-order valence-electron chi connectivity index (χ4n) is 3.39. The molecule has 0 radical (unpaired) electrons. The molecule has 2 fully saturated rings. The van der Waals surface area contributed by atoms with Gasteiger partial charge in [0, 0.05) is 39.3 Å². The lowest BCUT2D eigenvalue weighted by molar-refractivity contribution is -0.383. The second-order valence-corrected chi connectivity index (χ2v) is 6.61. The largest absolute Gasteiger partial charge is 0.353 e. The molecule has 2 saturated heterocycles. The summed E-state index contributed by atoms with van der Waals surface area (Å²) in [6, 6.07) is 0. The average Bonchev–Trinajstić information content (AvgIpc) is 2.55. The van der Waals surface area contributed by atoms with E-state index < -0.39 is 0 Å². The topological polar surface area (TPSA) is 78.6 Å². The zero-order chi connectivity index (χ0) is 16.4. The number of nitro groups is 1. The Morgan fingerprint density at radius 1 is 1.13 bits per heavy atom. The molecule has 1 unspecified atom stereocenters. The number of piperidine rings is 1. The van der Waals surface area contributed by atoms with E-state index in [1.54, 1.807) is 0 Å². The first-order chi connectivity index (χ1) is 11.1. The van der Waals surface area contributed by atoms with Crippen LogP contribution >= 0.6 is 0 Å². The molecule has 2 aliphatic rings. The molecule has 0 spiro atoms. The first kappa shape index (κ1) is 15.9. The summed E-state index contributed by atoms with van der Waals surface area (Å²) in [4.78, 5) is 26.2. The van der Waals surface area contributed by atoms with E-state index in [2.05, 4.69) is 28.8 Å². The summed E-state index contributed by atoms with van der Waals surface area (Å²) in [7, 11) is 2.06. The van der Waals surface area contributed by atoms with E-state index >= 15 is 0 Å². The molecule has 126 valence electrons. The van der Waals surface area contributed by atoms with Crippen molar-refractivity contribution in [3.63, 3.8) is 0 Å². The maximum absolute atomic E-state index is 11.7. The van der Waals surface area contributed by atoms with Gasteiger partial charge in [-0.05, 0) is 25.8 Å². The Morgan fingerprint density at radius 3 is 2.39 bits per heavy atom. The highest BCUT2D eigenvalue weighted by Gasteiger charge is 2.32. The van der Waals surface area contributed by atoms with Crippen molar-refractivity contribution in [3.8, 4) is 0 Å². The highest BCUT2D eigenvalue weighted by atomic mass is 16.6. The number of rotatable bonds is 3. The van der Waals surface area contributed by atoms with Gasteiger partial charge in [0.15, 0.2) is 0 Å². The minimum atomic E-state index is -0.317. The Kier molecular flexibility index (Phi) is 4.61. The van der Waals surface area contributed by atoms with Gasteiger partial charge < -0.3 is 14.7 Å². The van der Waals surface area contributed by atoms with Crippen LogP contribution in [0, 0.1) is 16.0 Å². The molecule has 0 bridgehead atoms. The van der Waals surface area contributed by atoms with Crippen molar-refractivity contribution >= 4 is 17.3 Å². The fourth-order valence-corrected chi connectivity index (χ4v) is 3.39. The van der Waals surface area contributed by atoms with E-state index in [4.69, 9.17) is 0 Å². The molecule has 0 aromatic carbocycles. The Labute approximate surface area is 136 Å². The summed E-state index contributed by atoms with van der Waals surface area (Å²) in [5.74, 6) is 1.47. The third-order valence-electron chi connectivity index (χ3n) is 4.73. The van der Waals surface area contributed by atoms with Crippen molar-refractivity contribution < 1.29 is 4.92 Å². The molecule has 3 heterocycles. The van der Waals surface area contributed by atoms with Crippen molar-refractivity contribution in [2.45, 2.75) is 19.8 Å². The van der Waals surface area contributed by atoms with E-state index in [9.17, 15) is 10.1 Å². The number of aromatic nitrogens is 2. The van der Waals surface area contributed by atoms with Gasteiger partial charge in [0.05, 0.1) is 4.92 Å². The van der Waals surface area contributed by atoms with E-state index in [0.29, 0.717) is 17.6 Å². The second kappa shape index (κ2) is 6.66. The predicted molar refractivity (Wildman–Crippen MR) is 89.0 cm³/mol. The van der Waals surface area contributed by atoms with Gasteiger partial charge in [0.1, 0.15) is 6.33 Å². The number of hydrogen-bond acceptors (Lipinski definition) is 7. The standard InChI is InChI=1S/C15H24N6O2/c1-12-4-3-5-20(10-12)15-13(21(22)23)14(16-11-17-15)19-8-6-18(2)7-9-19/h11-12H,3-10H2,1-2H3. The van der Waals surface area contributed by atoms with Crippen LogP contribution < -0.4 is 9.80 Å². The molecule has 1 aromatic rings. The van der Waals surface area contributed by atoms with Crippen molar-refractivity contribution in [1.82, 2.24) is 14.9 Å². The third kappa shape index (κ3) is 3.36. The van der Waals surface area contributed by atoms with Gasteiger partial charge >= 0.3 is 5.69 Å². The number of likely N-dealkylation sites (N-methyl/N-ethyl adjacent to an activating group) is 1. The lowest BCUT2D eigenvalue weighted by Gasteiger charge is -2.34. The van der Waals surface area contributed by atoms with Crippen LogP contribution in [0.25, 0.3) is 0 Å². The zero-order valence-electron chi connectivity index (χ0n) is 13.8. The number of hydrogen-bond donors (Lipinski definition) is 0. The van der Waals surface area contributed by atoms with Crippen molar-refractivity contribution in [3.05, 3.63) is 16.4 Å². The fraction of sp³-hybridized carbons (Fsp3) is 0.733. The molecule has 8 heteroatoms. The van der Waals surface area contributed by atoms with Gasteiger partial charge in [-0.15, -0.1) is 0 Å². The van der Waals surface area contributed by atoms with E-state index in [1.165, 1.54) is 12.7 Å². The van der Waals surface area contributed by atoms with Gasteiger partial charge in [0.2, 0.25) is 11.6 Å². The smallest absolute Gasteiger partial charge is 0.350 e. The lowest BCUT2D eigenvalue weighted by Crippen LogP contribution is -2.45. The molecular formula is C15H24N6O2. The summed E-state index contributed by atoms with van der Waals surface area (Å²) in [5, 5.41) is 11.7. The minimum absolute atomic E-state index is 0.0613. The minimum Gasteiger partial charge on any atom is -0.350 e. The lowest BCUT2D eigenvalue weighted by atomic mass is 10.0. The highest BCUT2D eigenvalue weighted by Crippen LogP contribution is 2.36. The molecule has 2 aliphatic heterocycles. The van der Waals surface area contributed by atoms with Crippen LogP contribution in [0.2, 0.25) is 0 Å². The molecule has 1 atom stereocenters. The first-order valence-electron chi connectivity index (χ1n) is 8.24. The summed E-state index contributed by atoms with van der Waals surface area (Å²) >= 11 is 0. The molecule has 0 saturated carbocycles. The summed E-state index contributed by atoms with van der Waals surface area (Å²) in [6.07, 6.45) is 3.68. The van der Waals surface area contributed by atoms with Crippen molar-refractivity contribution in [2.75, 3.05) is 56.1 Å². The first-order valence-corrected chi connectivity index (χ1v) is 8.24. The number of nitrogens with zero attached hydrogens (tertiary/aromatic N) is 6. The number of piperazine rings is 1. The maximum atomic E-state index is 11.7. The van der Waals surface area contributed by atoms with Gasteiger partial charge in [-0.25, -0.2) is 9.97 Å². The SMILES string of the molecule is CC1CCCN(c2ncnc(N3CCN(C)CC3)c2[N+](=O)[O-])C1. The van der Waals surface area contributed by atoms with E-state index in [0.717, 1.165) is 45.7 Å². The second-order valence-electron chi connectivity index (χ2n) is 6.61. The zero-order valence-corrected chi connectivity index (χ0v) is 13.8. The van der Waals surface area contributed by atoms with Crippen LogP contribution in [0.15, 0.2) is 6.33 Å². The molecule has 1 aromatic heterocycles. The molecule has 3 rings (SSSR count). The van der Waals surface area contributed by atoms with Gasteiger partial charge in [-0.1, -0.05) is 6.92 Å². The maximum Gasteiger partial charge on any atom is 0.353 e. The summed E-state index contributed by atoms with van der Waals surface area (Å²) in [5.41, 5.74) is 0.0613. The van der Waals surface area contributed by atoms with E-state index in [1.807, 2.05) is 9.80 Å². The molecule has 0 amide bonds. The number of anilines is 2. The Hall–Kier alpha value is -1.96. The van der Waals surface area contributed by atoms with Crippen LogP contribution in [0.1, 0.15) is 19.8 Å². The molecular weight excluding hydrogens is 296 g/mol. The Bertz CT molecular complexity index is 573. The highest BCUT2D eigenvalue weighted by molar-refractivity contribution is 5.71. The predicted octanol–water partition coefficient (Wildman–Crippen LogP) is 1.37. The monoisotopic (exact) mass is 320 g/mol. The Morgan fingerprint density at radius 2 is 1.78 bits per heavy atom. The molecule has 23 heavy (non-hydrogen) atoms. The van der Waals surface area contributed by atoms with Gasteiger partial charge in [0.25, 0.3) is 0 Å². The van der Waals surface area contributed by atoms with Crippen molar-refractivity contribution in [2.24, 2.45) is 5.92 Å². The van der Waals surface area contributed by atoms with Crippen LogP contribution in [0.3, 0.4) is 0 Å². The van der Waals surface area contributed by atoms with Gasteiger partial charge in [-0.2, -0.15) is 0 Å². The average molecular weight is 320 g/mol. The van der Waals surface area contributed by atoms with Crippen LogP contribution in [-0.4, -0.2) is 66.1 Å². The summed E-state index contributed by atoms with van der Waals surface area (Å²) < 4.78 is 0. The van der Waals surface area contributed by atoms with Crippen molar-refractivity contribution in [1.29, 1.82) is 0 Å². The van der Waals surface area contributed by atoms with E-state index in [-0.39, 0.29) is 10.6 Å². The Balaban J connectivity index is 1.94. The van der Waals surface area contributed by atoms with Gasteiger partial charge in [-0.3, -0.25) is 10.1 Å². The van der Waals surface area contributed by atoms with Crippen LogP contribution in [-0.2, 0) is 0 Å². The van der Waals surface area contributed by atoms with Crippen LogP contribution in [0.5, 0.6) is 0 Å². The molecule has 0 aliphatic carbocycles. The van der Waals surface area contributed by atoms with Crippen LogP contribution in [0.4, 0.5) is 17.3 Å². The molecule has 8 nitrogen and oxygen atoms in total. The third-order valence-corrected chi connectivity index (χ3v) is 4.73. The quantitative estimate of drug-likeness (QED) is 0.615. The summed E-state index contributed by atoms with van der Waals surface area (Å²) in [6.45, 7) is 7.10. The normalized spacial score (nSPS) is 23.1.